The lowest BCUT2D eigenvalue weighted by Gasteiger charge is -2.28. The Labute approximate surface area is 82.5 Å². The summed E-state index contributed by atoms with van der Waals surface area (Å²) in [7, 11) is 4.16. The Bertz CT molecular complexity index is 150. The maximum atomic E-state index is 3.48. The van der Waals surface area contributed by atoms with E-state index in [2.05, 4.69) is 38.6 Å². The molecule has 2 nitrogen and oxygen atoms in total. The molecule has 1 aliphatic carbocycles. The van der Waals surface area contributed by atoms with E-state index in [4.69, 9.17) is 0 Å². The first-order valence-corrected chi connectivity index (χ1v) is 5.46. The molecule has 1 unspecified atom stereocenters. The summed E-state index contributed by atoms with van der Waals surface area (Å²) in [5.74, 6) is 0.798. The van der Waals surface area contributed by atoms with Gasteiger partial charge in [-0.2, -0.15) is 0 Å². The first-order chi connectivity index (χ1) is 6.14. The highest BCUT2D eigenvalue weighted by Gasteiger charge is 2.47. The Balaban J connectivity index is 2.45. The van der Waals surface area contributed by atoms with E-state index in [0.29, 0.717) is 11.5 Å². The van der Waals surface area contributed by atoms with Crippen LogP contribution in [0, 0.1) is 11.3 Å². The van der Waals surface area contributed by atoms with Crippen LogP contribution in [0.1, 0.15) is 33.1 Å². The lowest BCUT2D eigenvalue weighted by Crippen LogP contribution is -2.41. The van der Waals surface area contributed by atoms with Gasteiger partial charge >= 0.3 is 0 Å². The molecule has 0 amide bonds. The zero-order chi connectivity index (χ0) is 9.90. The fourth-order valence-corrected chi connectivity index (χ4v) is 2.31. The van der Waals surface area contributed by atoms with Crippen LogP contribution in [-0.4, -0.2) is 26.7 Å². The second kappa shape index (κ2) is 4.43. The Kier molecular flexibility index (Phi) is 3.74. The lowest BCUT2D eigenvalue weighted by molar-refractivity contribution is 0.294. The van der Waals surface area contributed by atoms with Crippen LogP contribution in [0.3, 0.4) is 0 Å². The molecule has 78 valence electrons. The van der Waals surface area contributed by atoms with E-state index in [1.165, 1.54) is 25.8 Å². The van der Waals surface area contributed by atoms with Gasteiger partial charge in [-0.3, -0.25) is 0 Å². The van der Waals surface area contributed by atoms with Gasteiger partial charge in [0.25, 0.3) is 0 Å². The zero-order valence-corrected chi connectivity index (χ0v) is 9.48. The van der Waals surface area contributed by atoms with Gasteiger partial charge in [-0.15, -0.1) is 0 Å². The summed E-state index contributed by atoms with van der Waals surface area (Å²) in [6.45, 7) is 5.78. The van der Waals surface area contributed by atoms with E-state index in [1.807, 2.05) is 0 Å². The number of rotatable bonds is 6. The predicted molar refractivity (Wildman–Crippen MR) is 57.9 cm³/mol. The molecule has 0 aromatic rings. The molecular weight excluding hydrogens is 160 g/mol. The van der Waals surface area contributed by atoms with Gasteiger partial charge in [-0.05, 0) is 44.7 Å². The Morgan fingerprint density at radius 1 is 1.23 bits per heavy atom. The van der Waals surface area contributed by atoms with Crippen LogP contribution < -0.4 is 10.6 Å². The molecule has 13 heavy (non-hydrogen) atoms. The van der Waals surface area contributed by atoms with Gasteiger partial charge < -0.3 is 10.6 Å². The molecule has 1 aliphatic rings. The van der Waals surface area contributed by atoms with Crippen molar-refractivity contribution in [1.29, 1.82) is 0 Å². The van der Waals surface area contributed by atoms with Gasteiger partial charge in [0, 0.05) is 12.6 Å². The van der Waals surface area contributed by atoms with E-state index in [9.17, 15) is 0 Å². The molecule has 2 N–H and O–H groups in total. The molecule has 0 saturated heterocycles. The van der Waals surface area contributed by atoms with Gasteiger partial charge in [0.15, 0.2) is 0 Å². The summed E-state index contributed by atoms with van der Waals surface area (Å²) in [5.41, 5.74) is 0.577. The molecule has 0 aromatic heterocycles. The molecular formula is C11H24N2. The highest BCUT2D eigenvalue weighted by molar-refractivity contribution is 5.03. The number of hydrogen-bond acceptors (Lipinski definition) is 2. The molecule has 2 heteroatoms. The van der Waals surface area contributed by atoms with Gasteiger partial charge in [0.2, 0.25) is 0 Å². The van der Waals surface area contributed by atoms with Crippen LogP contribution in [0.5, 0.6) is 0 Å². The predicted octanol–water partition coefficient (Wildman–Crippen LogP) is 1.62. The molecule has 0 bridgehead atoms. The van der Waals surface area contributed by atoms with Crippen LogP contribution in [-0.2, 0) is 0 Å². The highest BCUT2D eigenvalue weighted by Crippen LogP contribution is 2.49. The van der Waals surface area contributed by atoms with Crippen molar-refractivity contribution in [3.63, 3.8) is 0 Å². The Morgan fingerprint density at radius 3 is 2.15 bits per heavy atom. The molecule has 1 atom stereocenters. The third kappa shape index (κ3) is 2.68. The van der Waals surface area contributed by atoms with Crippen LogP contribution in [0.4, 0.5) is 0 Å². The van der Waals surface area contributed by atoms with Crippen molar-refractivity contribution < 1.29 is 0 Å². The van der Waals surface area contributed by atoms with Crippen molar-refractivity contribution in [3.05, 3.63) is 0 Å². The summed E-state index contributed by atoms with van der Waals surface area (Å²) in [6.07, 6.45) is 4.09. The first-order valence-electron chi connectivity index (χ1n) is 5.46. The van der Waals surface area contributed by atoms with E-state index < -0.39 is 0 Å². The average molecular weight is 184 g/mol. The van der Waals surface area contributed by atoms with Crippen molar-refractivity contribution in [1.82, 2.24) is 10.6 Å². The Morgan fingerprint density at radius 2 is 1.85 bits per heavy atom. The van der Waals surface area contributed by atoms with Crippen LogP contribution >= 0.6 is 0 Å². The Hall–Kier alpha value is -0.0800. The molecule has 1 saturated carbocycles. The maximum Gasteiger partial charge on any atom is 0.0135 e. The van der Waals surface area contributed by atoms with E-state index in [1.54, 1.807) is 0 Å². The smallest absolute Gasteiger partial charge is 0.0135 e. The molecule has 1 rings (SSSR count). The van der Waals surface area contributed by atoms with Crippen molar-refractivity contribution >= 4 is 0 Å². The molecule has 0 aliphatic heterocycles. The van der Waals surface area contributed by atoms with E-state index in [0.717, 1.165) is 5.92 Å². The average Bonchev–Trinajstić information content (AvgIpc) is 2.82. The minimum atomic E-state index is 0.577. The van der Waals surface area contributed by atoms with Crippen molar-refractivity contribution in [2.45, 2.75) is 39.2 Å². The third-order valence-corrected chi connectivity index (χ3v) is 3.22. The van der Waals surface area contributed by atoms with E-state index >= 15 is 0 Å². The highest BCUT2D eigenvalue weighted by atomic mass is 15.0. The quantitative estimate of drug-likeness (QED) is 0.655. The van der Waals surface area contributed by atoms with Crippen LogP contribution in [0.2, 0.25) is 0 Å². The van der Waals surface area contributed by atoms with Crippen molar-refractivity contribution in [3.8, 4) is 0 Å². The summed E-state index contributed by atoms with van der Waals surface area (Å²) in [5, 5.41) is 6.80. The molecule has 1 fully saturated rings. The molecule has 0 radical (unpaired) electrons. The summed E-state index contributed by atoms with van der Waals surface area (Å²) < 4.78 is 0. The minimum Gasteiger partial charge on any atom is -0.319 e. The standard InChI is InChI=1S/C11H24N2/c1-9(2)7-10(13-4)11(5-6-11)8-12-3/h9-10,12-13H,5-8H2,1-4H3. The largest absolute Gasteiger partial charge is 0.319 e. The lowest BCUT2D eigenvalue weighted by atomic mass is 9.89. The first kappa shape index (κ1) is 11.0. The second-order valence-corrected chi connectivity index (χ2v) is 4.86. The van der Waals surface area contributed by atoms with E-state index in [-0.39, 0.29) is 0 Å². The van der Waals surface area contributed by atoms with Gasteiger partial charge in [0.05, 0.1) is 0 Å². The van der Waals surface area contributed by atoms with Gasteiger partial charge in [-0.1, -0.05) is 13.8 Å². The minimum absolute atomic E-state index is 0.577. The number of hydrogen-bond donors (Lipinski definition) is 2. The second-order valence-electron chi connectivity index (χ2n) is 4.86. The normalized spacial score (nSPS) is 21.9. The van der Waals surface area contributed by atoms with Crippen molar-refractivity contribution in [2.24, 2.45) is 11.3 Å². The molecule has 0 aromatic carbocycles. The number of nitrogens with one attached hydrogen (secondary N) is 2. The van der Waals surface area contributed by atoms with Gasteiger partial charge in [0.1, 0.15) is 0 Å². The van der Waals surface area contributed by atoms with Crippen molar-refractivity contribution in [2.75, 3.05) is 20.6 Å². The van der Waals surface area contributed by atoms with Crippen LogP contribution in [0.25, 0.3) is 0 Å². The SMILES string of the molecule is CNCC1(C(CC(C)C)NC)CC1. The zero-order valence-electron chi connectivity index (χ0n) is 9.48. The molecule has 0 heterocycles. The summed E-state index contributed by atoms with van der Waals surface area (Å²) >= 11 is 0. The molecule has 0 spiro atoms. The maximum absolute atomic E-state index is 3.48. The monoisotopic (exact) mass is 184 g/mol. The summed E-state index contributed by atoms with van der Waals surface area (Å²) in [4.78, 5) is 0. The topological polar surface area (TPSA) is 24.1 Å². The third-order valence-electron chi connectivity index (χ3n) is 3.22. The fraction of sp³-hybridized carbons (Fsp3) is 1.00. The van der Waals surface area contributed by atoms with Gasteiger partial charge in [-0.25, -0.2) is 0 Å². The van der Waals surface area contributed by atoms with Crippen LogP contribution in [0.15, 0.2) is 0 Å². The fourth-order valence-electron chi connectivity index (χ4n) is 2.31. The summed E-state index contributed by atoms with van der Waals surface area (Å²) in [6, 6.07) is 0.708.